The van der Waals surface area contributed by atoms with Crippen LogP contribution in [0.1, 0.15) is 11.3 Å². The third-order valence-corrected chi connectivity index (χ3v) is 6.42. The van der Waals surface area contributed by atoms with Crippen LogP contribution < -0.4 is 0 Å². The number of aromatic nitrogens is 2. The van der Waals surface area contributed by atoms with Crippen LogP contribution in [0, 0.1) is 22.7 Å². The number of hydrogen-bond acceptors (Lipinski definition) is 6. The van der Waals surface area contributed by atoms with Crippen molar-refractivity contribution in [2.24, 2.45) is 0 Å². The van der Waals surface area contributed by atoms with Crippen molar-refractivity contribution in [2.75, 3.05) is 0 Å². The van der Waals surface area contributed by atoms with E-state index in [1.165, 1.54) is 0 Å². The van der Waals surface area contributed by atoms with E-state index in [1.807, 2.05) is 12.1 Å². The number of thiophene rings is 1. The molecule has 0 radical (unpaired) electrons. The van der Waals surface area contributed by atoms with Gasteiger partial charge in [0.15, 0.2) is 0 Å². The van der Waals surface area contributed by atoms with E-state index in [0.29, 0.717) is 16.8 Å². The van der Waals surface area contributed by atoms with Crippen molar-refractivity contribution in [1.29, 1.82) is 10.5 Å². The molecule has 0 unspecified atom stereocenters. The highest BCUT2D eigenvalue weighted by Gasteiger charge is 2.15. The summed E-state index contributed by atoms with van der Waals surface area (Å²) < 4.78 is 8.33. The van der Waals surface area contributed by atoms with Gasteiger partial charge in [0.25, 0.3) is 0 Å². The van der Waals surface area contributed by atoms with Gasteiger partial charge in [-0.2, -0.15) is 10.5 Å². The van der Waals surface area contributed by atoms with Crippen LogP contribution in [0.4, 0.5) is 0 Å². The van der Waals surface area contributed by atoms with E-state index in [4.69, 9.17) is 9.68 Å². The van der Waals surface area contributed by atoms with Crippen LogP contribution in [-0.4, -0.2) is 9.97 Å². The maximum atomic E-state index is 9.18. The van der Waals surface area contributed by atoms with Gasteiger partial charge in [0.1, 0.15) is 22.9 Å². The van der Waals surface area contributed by atoms with Gasteiger partial charge in [-0.3, -0.25) is 4.98 Å². The summed E-state index contributed by atoms with van der Waals surface area (Å²) in [7, 11) is 0. The zero-order chi connectivity index (χ0) is 20.2. The highest BCUT2D eigenvalue weighted by atomic mass is 32.1. The van der Waals surface area contributed by atoms with Crippen LogP contribution in [0.5, 0.6) is 0 Å². The van der Waals surface area contributed by atoms with Crippen LogP contribution in [0.3, 0.4) is 0 Å². The summed E-state index contributed by atoms with van der Waals surface area (Å²) in [4.78, 5) is 8.67. The maximum Gasteiger partial charge on any atom is 0.146 e. The number of benzene rings is 2. The maximum absolute atomic E-state index is 9.18. The zero-order valence-corrected chi connectivity index (χ0v) is 16.2. The lowest BCUT2D eigenvalue weighted by Gasteiger charge is -2.03. The Morgan fingerprint density at radius 2 is 1.73 bits per heavy atom. The van der Waals surface area contributed by atoms with Crippen molar-refractivity contribution in [3.63, 3.8) is 0 Å². The molecule has 0 aliphatic carbocycles. The molecule has 6 rings (SSSR count). The molecule has 30 heavy (non-hydrogen) atoms. The van der Waals surface area contributed by atoms with Crippen molar-refractivity contribution in [1.82, 2.24) is 9.97 Å². The average molecular weight is 402 g/mol. The summed E-state index contributed by atoms with van der Waals surface area (Å²) in [6.45, 7) is 0. The van der Waals surface area contributed by atoms with Gasteiger partial charge in [-0.1, -0.05) is 6.07 Å². The number of rotatable bonds is 1. The van der Waals surface area contributed by atoms with Crippen molar-refractivity contribution in [3.8, 4) is 23.3 Å². The van der Waals surface area contributed by atoms with E-state index in [0.717, 1.165) is 47.7 Å². The smallest absolute Gasteiger partial charge is 0.146 e. The molecule has 0 spiro atoms. The minimum atomic E-state index is 0.419. The fourth-order valence-corrected chi connectivity index (χ4v) is 4.96. The summed E-state index contributed by atoms with van der Waals surface area (Å²) in [6.07, 6.45) is 5.36. The van der Waals surface area contributed by atoms with E-state index in [-0.39, 0.29) is 0 Å². The lowest BCUT2D eigenvalue weighted by atomic mass is 10.0. The second-order valence-electron chi connectivity index (χ2n) is 6.98. The monoisotopic (exact) mass is 402 g/mol. The Morgan fingerprint density at radius 3 is 2.60 bits per heavy atom. The van der Waals surface area contributed by atoms with Crippen molar-refractivity contribution >= 4 is 53.4 Å². The van der Waals surface area contributed by atoms with E-state index < -0.39 is 0 Å². The highest BCUT2D eigenvalue weighted by Crippen LogP contribution is 2.39. The summed E-state index contributed by atoms with van der Waals surface area (Å²) in [6, 6.07) is 17.8. The predicted molar refractivity (Wildman–Crippen MR) is 117 cm³/mol. The lowest BCUT2D eigenvalue weighted by molar-refractivity contribution is 0.669. The molecular formula is C24H10N4OS. The Hall–Kier alpha value is -4.26. The number of nitriles is 2. The molecule has 6 heteroatoms. The first-order chi connectivity index (χ1) is 14.7. The van der Waals surface area contributed by atoms with Gasteiger partial charge in [-0.25, -0.2) is 4.98 Å². The van der Waals surface area contributed by atoms with Crippen molar-refractivity contribution in [3.05, 3.63) is 72.3 Å². The largest absolute Gasteiger partial charge is 0.455 e. The van der Waals surface area contributed by atoms with Crippen LogP contribution in [0.2, 0.25) is 0 Å². The van der Waals surface area contributed by atoms with Crippen molar-refractivity contribution < 1.29 is 4.42 Å². The minimum Gasteiger partial charge on any atom is -0.455 e. The van der Waals surface area contributed by atoms with Crippen LogP contribution >= 0.6 is 11.3 Å². The van der Waals surface area contributed by atoms with Crippen molar-refractivity contribution in [2.45, 2.75) is 0 Å². The predicted octanol–water partition coefficient (Wildman–Crippen LogP) is 6.15. The van der Waals surface area contributed by atoms with Crippen LogP contribution in [0.25, 0.3) is 53.2 Å². The molecule has 5 nitrogen and oxygen atoms in total. The van der Waals surface area contributed by atoms with Gasteiger partial charge in [0.2, 0.25) is 0 Å². The SMILES string of the molecule is N#Cc1ccc2c(c1)oc1c(-c3ccc4sc5cc(C#N)ncc5c4c3)cncc12. The lowest BCUT2D eigenvalue weighted by Crippen LogP contribution is -1.82. The number of hydrogen-bond donors (Lipinski definition) is 0. The van der Waals surface area contributed by atoms with Gasteiger partial charge in [-0.15, -0.1) is 11.3 Å². The molecule has 0 saturated carbocycles. The first-order valence-electron chi connectivity index (χ1n) is 9.18. The summed E-state index contributed by atoms with van der Waals surface area (Å²) in [5.41, 5.74) is 4.29. The van der Waals surface area contributed by atoms with Crippen LogP contribution in [0.15, 0.2) is 65.5 Å². The number of pyridine rings is 2. The molecule has 2 aromatic carbocycles. The third-order valence-electron chi connectivity index (χ3n) is 5.29. The molecule has 6 aromatic rings. The van der Waals surface area contributed by atoms with Crippen LogP contribution in [-0.2, 0) is 0 Å². The van der Waals surface area contributed by atoms with E-state index in [9.17, 15) is 5.26 Å². The fourth-order valence-electron chi connectivity index (χ4n) is 3.87. The van der Waals surface area contributed by atoms with E-state index in [2.05, 4.69) is 40.3 Å². The molecule has 0 saturated heterocycles. The molecular weight excluding hydrogens is 392 g/mol. The quantitative estimate of drug-likeness (QED) is 0.329. The normalized spacial score (nSPS) is 11.3. The third kappa shape index (κ3) is 2.32. The average Bonchev–Trinajstić information content (AvgIpc) is 3.35. The Kier molecular flexibility index (Phi) is 3.40. The topological polar surface area (TPSA) is 86.5 Å². The molecule has 0 N–H and O–H groups in total. The van der Waals surface area contributed by atoms with Gasteiger partial charge < -0.3 is 4.42 Å². The summed E-state index contributed by atoms with van der Waals surface area (Å²) >= 11 is 1.65. The number of furan rings is 1. The molecule has 0 fully saturated rings. The Bertz CT molecular complexity index is 1730. The first-order valence-corrected chi connectivity index (χ1v) is 10.00. The van der Waals surface area contributed by atoms with Gasteiger partial charge in [0.05, 0.1) is 11.6 Å². The molecule has 4 aromatic heterocycles. The Morgan fingerprint density at radius 1 is 0.800 bits per heavy atom. The molecule has 4 heterocycles. The molecule has 138 valence electrons. The summed E-state index contributed by atoms with van der Waals surface area (Å²) in [5.74, 6) is 0. The number of nitrogens with zero attached hydrogens (tertiary/aromatic N) is 4. The molecule has 0 bridgehead atoms. The Labute approximate surface area is 174 Å². The standard InChI is InChI=1S/C24H10N4OS/c25-8-13-1-3-16-20-11-27-10-18(24(20)29-21(16)5-13)14-2-4-22-17(6-14)19-12-28-15(9-26)7-23(19)30-22/h1-7,10-12H. The second-order valence-corrected chi connectivity index (χ2v) is 8.06. The van der Waals surface area contributed by atoms with Gasteiger partial charge in [-0.05, 0) is 42.0 Å². The molecule has 0 atom stereocenters. The Balaban J connectivity index is 1.62. The molecule has 0 aliphatic heterocycles. The summed E-state index contributed by atoms with van der Waals surface area (Å²) in [5, 5.41) is 22.3. The molecule has 0 amide bonds. The second kappa shape index (κ2) is 6.12. The minimum absolute atomic E-state index is 0.419. The molecule has 0 aliphatic rings. The van der Waals surface area contributed by atoms with E-state index >= 15 is 0 Å². The highest BCUT2D eigenvalue weighted by molar-refractivity contribution is 7.25. The zero-order valence-electron chi connectivity index (χ0n) is 15.4. The van der Waals surface area contributed by atoms with Gasteiger partial charge in [0, 0.05) is 55.1 Å². The number of fused-ring (bicyclic) bond motifs is 6. The fraction of sp³-hybridized carbons (Fsp3) is 0. The van der Waals surface area contributed by atoms with E-state index in [1.54, 1.807) is 42.1 Å². The van der Waals surface area contributed by atoms with Gasteiger partial charge >= 0.3 is 0 Å². The first kappa shape index (κ1) is 16.7.